The molecule has 3 heterocycles. The van der Waals surface area contributed by atoms with Crippen LogP contribution in [0.25, 0.3) is 10.2 Å². The van der Waals surface area contributed by atoms with E-state index in [0.29, 0.717) is 18.0 Å². The average Bonchev–Trinajstić information content (AvgIpc) is 3.17. The summed E-state index contributed by atoms with van der Waals surface area (Å²) in [5.41, 5.74) is 6.41. The fraction of sp³-hybridized carbons (Fsp3) is 0.308. The third kappa shape index (κ3) is 3.06. The number of anilines is 1. The summed E-state index contributed by atoms with van der Waals surface area (Å²) in [6.07, 6.45) is 2.07. The van der Waals surface area contributed by atoms with Gasteiger partial charge in [0.25, 0.3) is 0 Å². The molecule has 0 aliphatic heterocycles. The van der Waals surface area contributed by atoms with Gasteiger partial charge in [0.05, 0.1) is 22.5 Å². The van der Waals surface area contributed by atoms with Gasteiger partial charge in [-0.3, -0.25) is 0 Å². The van der Waals surface area contributed by atoms with Crippen molar-refractivity contribution in [3.63, 3.8) is 0 Å². The molecule has 3 aromatic rings. The minimum Gasteiger partial charge on any atom is -0.467 e. The molecule has 3 N–H and O–H groups in total. The Morgan fingerprint density at radius 1 is 1.52 bits per heavy atom. The van der Waals surface area contributed by atoms with Crippen LogP contribution in [0.1, 0.15) is 10.6 Å². The van der Waals surface area contributed by atoms with Crippen LogP contribution in [-0.2, 0) is 13.0 Å². The molecule has 8 heteroatoms. The van der Waals surface area contributed by atoms with Gasteiger partial charge in [0.2, 0.25) is 0 Å². The fourth-order valence-electron chi connectivity index (χ4n) is 1.93. The number of rotatable bonds is 6. The van der Waals surface area contributed by atoms with Crippen LogP contribution in [0.5, 0.6) is 0 Å². The molecule has 0 amide bonds. The van der Waals surface area contributed by atoms with E-state index in [0.717, 1.165) is 25.9 Å². The van der Waals surface area contributed by atoms with E-state index in [1.165, 1.54) is 22.9 Å². The molecule has 0 aromatic carbocycles. The highest BCUT2D eigenvalue weighted by atomic mass is 35.5. The molecule has 1 atom stereocenters. The summed E-state index contributed by atoms with van der Waals surface area (Å²) in [7, 11) is 0. The number of hydrogen-bond donors (Lipinski definition) is 2. The third-order valence-electron chi connectivity index (χ3n) is 2.98. The number of nitrogens with one attached hydrogen (secondary N) is 1. The van der Waals surface area contributed by atoms with Crippen LogP contribution < -0.4 is 11.1 Å². The van der Waals surface area contributed by atoms with Crippen molar-refractivity contribution in [3.05, 3.63) is 34.1 Å². The van der Waals surface area contributed by atoms with Crippen LogP contribution in [-0.4, -0.2) is 17.1 Å². The van der Waals surface area contributed by atoms with Gasteiger partial charge in [0.15, 0.2) is 0 Å². The second-order valence-electron chi connectivity index (χ2n) is 4.58. The van der Waals surface area contributed by atoms with Crippen molar-refractivity contribution in [2.45, 2.75) is 19.0 Å². The standard InChI is InChI=1S/C13H13ClFN3OS2/c14-10-9(4-7(16)5-15)20-12-11(10)18-21-13(12)17-6-8-2-1-3-19-8/h1-3,7,17H,4-6,16H2/t7-/m1/s1. The maximum Gasteiger partial charge on any atom is 0.127 e. The second kappa shape index (κ2) is 6.31. The zero-order valence-electron chi connectivity index (χ0n) is 10.9. The quantitative estimate of drug-likeness (QED) is 0.707. The summed E-state index contributed by atoms with van der Waals surface area (Å²) >= 11 is 9.17. The zero-order valence-corrected chi connectivity index (χ0v) is 13.3. The highest BCUT2D eigenvalue weighted by Crippen LogP contribution is 2.41. The molecular weight excluding hydrogens is 333 g/mol. The van der Waals surface area contributed by atoms with E-state index in [1.807, 2.05) is 12.1 Å². The Hall–Kier alpha value is -1.15. The number of nitrogens with two attached hydrogens (primary N) is 1. The van der Waals surface area contributed by atoms with Gasteiger partial charge in [-0.15, -0.1) is 11.3 Å². The highest BCUT2D eigenvalue weighted by molar-refractivity contribution is 7.25. The topological polar surface area (TPSA) is 64.1 Å². The summed E-state index contributed by atoms with van der Waals surface area (Å²) in [6.45, 7) is 0.0250. The minimum atomic E-state index is -0.557. The first kappa shape index (κ1) is 14.8. The number of alkyl halides is 1. The van der Waals surface area contributed by atoms with E-state index in [1.54, 1.807) is 6.26 Å². The van der Waals surface area contributed by atoms with Crippen LogP contribution >= 0.6 is 34.5 Å². The van der Waals surface area contributed by atoms with Gasteiger partial charge in [-0.1, -0.05) is 11.6 Å². The van der Waals surface area contributed by atoms with Gasteiger partial charge >= 0.3 is 0 Å². The number of nitrogens with zero attached hydrogens (tertiary/aromatic N) is 1. The third-order valence-corrected chi connectivity index (χ3v) is 5.65. The van der Waals surface area contributed by atoms with Gasteiger partial charge < -0.3 is 15.5 Å². The van der Waals surface area contributed by atoms with Crippen molar-refractivity contribution in [1.29, 1.82) is 0 Å². The number of thiophene rings is 1. The summed E-state index contributed by atoms with van der Waals surface area (Å²) in [5.74, 6) is 0.846. The highest BCUT2D eigenvalue weighted by Gasteiger charge is 2.18. The van der Waals surface area contributed by atoms with E-state index >= 15 is 0 Å². The normalized spacial score (nSPS) is 12.9. The predicted molar refractivity (Wildman–Crippen MR) is 86.2 cm³/mol. The Kier molecular flexibility index (Phi) is 4.44. The molecule has 4 nitrogen and oxygen atoms in total. The lowest BCUT2D eigenvalue weighted by Crippen LogP contribution is -2.24. The molecule has 0 aliphatic carbocycles. The monoisotopic (exact) mass is 345 g/mol. The zero-order chi connectivity index (χ0) is 14.8. The van der Waals surface area contributed by atoms with E-state index < -0.39 is 12.7 Å². The van der Waals surface area contributed by atoms with Gasteiger partial charge in [-0.2, -0.15) is 4.37 Å². The minimum absolute atomic E-state index is 0.429. The summed E-state index contributed by atoms with van der Waals surface area (Å²) in [6, 6.07) is 3.23. The second-order valence-corrected chi connectivity index (χ2v) is 6.84. The van der Waals surface area contributed by atoms with Gasteiger partial charge in [-0.05, 0) is 23.7 Å². The maximum absolute atomic E-state index is 12.5. The van der Waals surface area contributed by atoms with Crippen molar-refractivity contribution in [2.24, 2.45) is 5.73 Å². The molecule has 0 saturated heterocycles. The van der Waals surface area contributed by atoms with Crippen molar-refractivity contribution in [3.8, 4) is 0 Å². The average molecular weight is 346 g/mol. The molecule has 3 aromatic heterocycles. The van der Waals surface area contributed by atoms with E-state index in [2.05, 4.69) is 9.69 Å². The maximum atomic E-state index is 12.5. The van der Waals surface area contributed by atoms with Crippen LogP contribution in [0.15, 0.2) is 22.8 Å². The summed E-state index contributed by atoms with van der Waals surface area (Å²) in [4.78, 5) is 0.883. The molecule has 0 saturated carbocycles. The summed E-state index contributed by atoms with van der Waals surface area (Å²) in [5, 5.41) is 4.81. The molecule has 0 fully saturated rings. The molecule has 21 heavy (non-hydrogen) atoms. The fourth-order valence-corrected chi connectivity index (χ4v) is 4.48. The first-order chi connectivity index (χ1) is 10.2. The number of furan rings is 1. The lowest BCUT2D eigenvalue weighted by molar-refractivity contribution is 0.428. The van der Waals surface area contributed by atoms with Gasteiger partial charge in [-0.25, -0.2) is 4.39 Å². The Bertz CT molecular complexity index is 725. The first-order valence-corrected chi connectivity index (χ1v) is 8.30. The first-order valence-electron chi connectivity index (χ1n) is 6.33. The van der Waals surface area contributed by atoms with Crippen molar-refractivity contribution in [2.75, 3.05) is 12.0 Å². The molecule has 3 rings (SSSR count). The molecular formula is C13H13ClFN3OS2. The largest absolute Gasteiger partial charge is 0.467 e. The van der Waals surface area contributed by atoms with Crippen LogP contribution in [0.2, 0.25) is 5.02 Å². The Morgan fingerprint density at radius 3 is 3.10 bits per heavy atom. The lowest BCUT2D eigenvalue weighted by Gasteiger charge is -2.04. The van der Waals surface area contributed by atoms with Gasteiger partial charge in [0.1, 0.15) is 23.0 Å². The molecule has 0 bridgehead atoms. The SMILES string of the molecule is N[C@@H](CF)Cc1sc2c(NCc3ccco3)snc2c1Cl. The number of fused-ring (bicyclic) bond motifs is 1. The Balaban J connectivity index is 1.82. The lowest BCUT2D eigenvalue weighted by atomic mass is 10.2. The van der Waals surface area contributed by atoms with E-state index in [4.69, 9.17) is 21.8 Å². The molecule has 0 unspecified atom stereocenters. The molecule has 0 aliphatic rings. The predicted octanol–water partition coefficient (Wildman–Crippen LogP) is 4.06. The van der Waals surface area contributed by atoms with E-state index in [9.17, 15) is 4.39 Å². The van der Waals surface area contributed by atoms with Crippen LogP contribution in [0.4, 0.5) is 9.39 Å². The van der Waals surface area contributed by atoms with Crippen molar-refractivity contribution in [1.82, 2.24) is 4.37 Å². The number of hydrogen-bond acceptors (Lipinski definition) is 6. The molecule has 0 radical (unpaired) electrons. The smallest absolute Gasteiger partial charge is 0.127 e. The Labute approximate surface area is 133 Å². The van der Waals surface area contributed by atoms with Crippen LogP contribution in [0, 0.1) is 0 Å². The number of halogens is 2. The summed E-state index contributed by atoms with van der Waals surface area (Å²) < 4.78 is 23.2. The Morgan fingerprint density at radius 2 is 2.38 bits per heavy atom. The molecule has 112 valence electrons. The van der Waals surface area contributed by atoms with Crippen LogP contribution in [0.3, 0.4) is 0 Å². The van der Waals surface area contributed by atoms with Crippen molar-refractivity contribution >= 4 is 49.7 Å². The van der Waals surface area contributed by atoms with E-state index in [-0.39, 0.29) is 0 Å². The van der Waals surface area contributed by atoms with Gasteiger partial charge in [0, 0.05) is 17.3 Å². The number of aromatic nitrogens is 1. The molecule has 0 spiro atoms. The van der Waals surface area contributed by atoms with Crippen molar-refractivity contribution < 1.29 is 8.81 Å².